The SMILES string of the molecule is CNC(=O)N1CCN(Cc2cccc(NC(=O)Nc3ccc(C)nc3)c2F)C[C@H]1C. The summed E-state index contributed by atoms with van der Waals surface area (Å²) in [6, 6.07) is 7.84. The van der Waals surface area contributed by atoms with Gasteiger partial charge in [-0.2, -0.15) is 0 Å². The fourth-order valence-electron chi connectivity index (χ4n) is 3.49. The third kappa shape index (κ3) is 5.24. The van der Waals surface area contributed by atoms with Crippen molar-refractivity contribution in [3.63, 3.8) is 0 Å². The van der Waals surface area contributed by atoms with E-state index >= 15 is 0 Å². The van der Waals surface area contributed by atoms with E-state index in [1.165, 1.54) is 6.07 Å². The number of urea groups is 2. The molecule has 2 aromatic rings. The molecule has 1 atom stereocenters. The first-order chi connectivity index (χ1) is 14.4. The number of nitrogens with one attached hydrogen (secondary N) is 3. The molecule has 9 heteroatoms. The van der Waals surface area contributed by atoms with Crippen LogP contribution < -0.4 is 16.0 Å². The van der Waals surface area contributed by atoms with Crippen molar-refractivity contribution in [1.29, 1.82) is 0 Å². The molecule has 0 aliphatic carbocycles. The molecule has 0 unspecified atom stereocenters. The lowest BCUT2D eigenvalue weighted by atomic mass is 10.1. The predicted molar refractivity (Wildman–Crippen MR) is 114 cm³/mol. The van der Waals surface area contributed by atoms with Crippen LogP contribution in [-0.2, 0) is 6.54 Å². The number of pyridine rings is 1. The van der Waals surface area contributed by atoms with Crippen molar-refractivity contribution in [3.8, 4) is 0 Å². The number of aromatic nitrogens is 1. The number of anilines is 2. The third-order valence-corrected chi connectivity index (χ3v) is 5.08. The van der Waals surface area contributed by atoms with E-state index in [9.17, 15) is 14.0 Å². The summed E-state index contributed by atoms with van der Waals surface area (Å²) in [7, 11) is 1.61. The highest BCUT2D eigenvalue weighted by Gasteiger charge is 2.27. The van der Waals surface area contributed by atoms with Crippen LogP contribution in [0, 0.1) is 12.7 Å². The fourth-order valence-corrected chi connectivity index (χ4v) is 3.49. The van der Waals surface area contributed by atoms with Gasteiger partial charge in [0.15, 0.2) is 5.82 Å². The quantitative estimate of drug-likeness (QED) is 0.718. The van der Waals surface area contributed by atoms with Crippen molar-refractivity contribution < 1.29 is 14.0 Å². The van der Waals surface area contributed by atoms with E-state index in [-0.39, 0.29) is 17.8 Å². The lowest BCUT2D eigenvalue weighted by Gasteiger charge is -2.39. The van der Waals surface area contributed by atoms with Gasteiger partial charge in [-0.15, -0.1) is 0 Å². The molecule has 3 N–H and O–H groups in total. The minimum absolute atomic E-state index is 0.0250. The lowest BCUT2D eigenvalue weighted by Crippen LogP contribution is -2.55. The molecule has 1 aliphatic heterocycles. The number of hydrogen-bond donors (Lipinski definition) is 3. The predicted octanol–water partition coefficient (Wildman–Crippen LogP) is 3.02. The fraction of sp³-hybridized carbons (Fsp3) is 0.381. The number of halogens is 1. The van der Waals surface area contributed by atoms with Crippen molar-refractivity contribution in [2.24, 2.45) is 0 Å². The monoisotopic (exact) mass is 414 g/mol. The topological polar surface area (TPSA) is 89.6 Å². The number of piperazine rings is 1. The van der Waals surface area contributed by atoms with E-state index in [1.807, 2.05) is 13.8 Å². The van der Waals surface area contributed by atoms with Crippen LogP contribution in [0.2, 0.25) is 0 Å². The van der Waals surface area contributed by atoms with E-state index in [0.29, 0.717) is 37.4 Å². The maximum Gasteiger partial charge on any atom is 0.323 e. The zero-order valence-corrected chi connectivity index (χ0v) is 17.4. The number of benzene rings is 1. The molecular weight excluding hydrogens is 387 g/mol. The molecule has 1 fully saturated rings. The number of rotatable bonds is 4. The molecule has 4 amide bonds. The molecule has 1 aromatic carbocycles. The first-order valence-corrected chi connectivity index (χ1v) is 9.86. The van der Waals surface area contributed by atoms with Crippen LogP contribution in [0.15, 0.2) is 36.5 Å². The largest absolute Gasteiger partial charge is 0.341 e. The maximum atomic E-state index is 15.0. The zero-order valence-electron chi connectivity index (χ0n) is 17.4. The number of hydrogen-bond acceptors (Lipinski definition) is 4. The summed E-state index contributed by atoms with van der Waals surface area (Å²) in [5.41, 5.74) is 1.97. The van der Waals surface area contributed by atoms with Gasteiger partial charge < -0.3 is 20.9 Å². The molecule has 2 heterocycles. The molecular formula is C21H27FN6O2. The Morgan fingerprint density at radius 2 is 2.00 bits per heavy atom. The minimum Gasteiger partial charge on any atom is -0.341 e. The Bertz CT molecular complexity index is 905. The van der Waals surface area contributed by atoms with E-state index in [0.717, 1.165) is 5.69 Å². The van der Waals surface area contributed by atoms with E-state index < -0.39 is 11.8 Å². The standard InChI is InChI=1S/C21H27FN6O2/c1-14-7-8-17(11-24-14)25-20(29)26-18-6-4-5-16(19(18)22)13-27-9-10-28(15(2)12-27)21(30)23-3/h4-8,11,15H,9-10,12-13H2,1-3H3,(H,23,30)(H2,25,26,29)/t15-/m1/s1. The normalized spacial score (nSPS) is 16.8. The van der Waals surface area contributed by atoms with Crippen LogP contribution in [0.1, 0.15) is 18.2 Å². The number of aryl methyl sites for hydroxylation is 1. The van der Waals surface area contributed by atoms with Gasteiger partial charge in [0.1, 0.15) is 0 Å². The molecule has 3 rings (SSSR count). The van der Waals surface area contributed by atoms with Crippen LogP contribution in [0.25, 0.3) is 0 Å². The van der Waals surface area contributed by atoms with Gasteiger partial charge in [0.05, 0.1) is 17.6 Å². The summed E-state index contributed by atoms with van der Waals surface area (Å²) in [4.78, 5) is 32.1. The molecule has 8 nitrogen and oxygen atoms in total. The Labute approximate surface area is 175 Å². The summed E-state index contributed by atoms with van der Waals surface area (Å²) in [6.07, 6.45) is 1.54. The molecule has 1 aliphatic rings. The molecule has 0 saturated carbocycles. The van der Waals surface area contributed by atoms with Crippen molar-refractivity contribution in [2.75, 3.05) is 37.3 Å². The second kappa shape index (κ2) is 9.53. The molecule has 30 heavy (non-hydrogen) atoms. The average Bonchev–Trinajstić information content (AvgIpc) is 2.72. The smallest absolute Gasteiger partial charge is 0.323 e. The Kier molecular flexibility index (Phi) is 6.83. The van der Waals surface area contributed by atoms with E-state index in [2.05, 4.69) is 25.8 Å². The van der Waals surface area contributed by atoms with E-state index in [4.69, 9.17) is 0 Å². The van der Waals surface area contributed by atoms with Crippen molar-refractivity contribution in [1.82, 2.24) is 20.1 Å². The number of amides is 4. The second-order valence-corrected chi connectivity index (χ2v) is 7.38. The van der Waals surface area contributed by atoms with Crippen LogP contribution in [0.5, 0.6) is 0 Å². The highest BCUT2D eigenvalue weighted by atomic mass is 19.1. The van der Waals surface area contributed by atoms with Gasteiger partial charge in [0.25, 0.3) is 0 Å². The van der Waals surface area contributed by atoms with Gasteiger partial charge in [-0.3, -0.25) is 9.88 Å². The van der Waals surface area contributed by atoms with Gasteiger partial charge in [0, 0.05) is 50.5 Å². The van der Waals surface area contributed by atoms with Crippen LogP contribution in [-0.4, -0.2) is 59.6 Å². The summed E-state index contributed by atoms with van der Waals surface area (Å²) in [6.45, 7) is 6.09. The van der Waals surface area contributed by atoms with Gasteiger partial charge in [-0.25, -0.2) is 14.0 Å². The summed E-state index contributed by atoms with van der Waals surface area (Å²) < 4.78 is 15.0. The Balaban J connectivity index is 1.61. The van der Waals surface area contributed by atoms with Crippen molar-refractivity contribution in [2.45, 2.75) is 26.4 Å². The molecule has 1 aromatic heterocycles. The van der Waals surface area contributed by atoms with Crippen LogP contribution in [0.3, 0.4) is 0 Å². The van der Waals surface area contributed by atoms with Gasteiger partial charge in [-0.1, -0.05) is 12.1 Å². The Morgan fingerprint density at radius 1 is 1.20 bits per heavy atom. The van der Waals surface area contributed by atoms with Crippen LogP contribution >= 0.6 is 0 Å². The highest BCUT2D eigenvalue weighted by molar-refractivity contribution is 5.99. The molecule has 0 bridgehead atoms. The molecule has 0 spiro atoms. The first-order valence-electron chi connectivity index (χ1n) is 9.86. The maximum absolute atomic E-state index is 15.0. The second-order valence-electron chi connectivity index (χ2n) is 7.38. The molecule has 160 valence electrons. The summed E-state index contributed by atoms with van der Waals surface area (Å²) in [5, 5.41) is 7.84. The average molecular weight is 414 g/mol. The summed E-state index contributed by atoms with van der Waals surface area (Å²) >= 11 is 0. The van der Waals surface area contributed by atoms with Gasteiger partial charge in [-0.05, 0) is 32.0 Å². The molecule has 0 radical (unpaired) electrons. The third-order valence-electron chi connectivity index (χ3n) is 5.08. The minimum atomic E-state index is -0.537. The van der Waals surface area contributed by atoms with Crippen molar-refractivity contribution >= 4 is 23.4 Å². The van der Waals surface area contributed by atoms with Gasteiger partial charge >= 0.3 is 12.1 Å². The highest BCUT2D eigenvalue weighted by Crippen LogP contribution is 2.21. The van der Waals surface area contributed by atoms with Crippen molar-refractivity contribution in [3.05, 3.63) is 53.6 Å². The summed E-state index contributed by atoms with van der Waals surface area (Å²) in [5.74, 6) is -0.462. The van der Waals surface area contributed by atoms with Crippen LogP contribution in [0.4, 0.5) is 25.4 Å². The number of nitrogens with zero attached hydrogens (tertiary/aromatic N) is 3. The Hall–Kier alpha value is -3.20. The number of carbonyl (C=O) groups is 2. The lowest BCUT2D eigenvalue weighted by molar-refractivity contribution is 0.0978. The van der Waals surface area contributed by atoms with Gasteiger partial charge in [0.2, 0.25) is 0 Å². The first kappa shape index (κ1) is 21.5. The molecule has 1 saturated heterocycles. The Morgan fingerprint density at radius 3 is 2.67 bits per heavy atom. The van der Waals surface area contributed by atoms with E-state index in [1.54, 1.807) is 42.4 Å². The number of carbonyl (C=O) groups excluding carboxylic acids is 2. The zero-order chi connectivity index (χ0) is 21.7.